The van der Waals surface area contributed by atoms with Crippen LogP contribution in [0.4, 0.5) is 0 Å². The van der Waals surface area contributed by atoms with Crippen LogP contribution in [0.2, 0.25) is 23.2 Å². The van der Waals surface area contributed by atoms with Gasteiger partial charge in [0.05, 0.1) is 31.0 Å². The van der Waals surface area contributed by atoms with Crippen LogP contribution < -0.4 is 10.4 Å². The van der Waals surface area contributed by atoms with Gasteiger partial charge in [0.2, 0.25) is 0 Å². The summed E-state index contributed by atoms with van der Waals surface area (Å²) in [6.45, 7) is 22.0. The van der Waals surface area contributed by atoms with Gasteiger partial charge in [0, 0.05) is 6.61 Å². The molecule has 1 aliphatic rings. The molecule has 4 rings (SSSR count). The number of benzene rings is 3. The van der Waals surface area contributed by atoms with Gasteiger partial charge in [-0.3, -0.25) is 0 Å². The molecule has 1 heterocycles. The Morgan fingerprint density at radius 1 is 0.745 bits per heavy atom. The van der Waals surface area contributed by atoms with Crippen molar-refractivity contribution in [3.8, 4) is 0 Å². The van der Waals surface area contributed by atoms with Crippen molar-refractivity contribution in [1.82, 2.24) is 0 Å². The fourth-order valence-electron chi connectivity index (χ4n) is 6.49. The second-order valence-corrected chi connectivity index (χ2v) is 24.7. The first-order chi connectivity index (χ1) is 22.3. The van der Waals surface area contributed by atoms with Crippen LogP contribution in [0, 0.1) is 0 Å². The second-order valence-electron chi connectivity index (χ2n) is 15.6. The fraction of sp³-hybridized carbons (Fsp3) is 0.512. The molecule has 0 aromatic heterocycles. The molecule has 3 aromatic carbocycles. The third kappa shape index (κ3) is 9.43. The van der Waals surface area contributed by atoms with Gasteiger partial charge in [0.15, 0.2) is 8.32 Å². The lowest BCUT2D eigenvalue weighted by molar-refractivity contribution is -0.137. The first kappa shape index (κ1) is 37.5. The first-order valence-corrected chi connectivity index (χ1v) is 22.5. The van der Waals surface area contributed by atoms with Crippen LogP contribution in [0.25, 0.3) is 0 Å². The van der Waals surface area contributed by atoms with E-state index in [1.54, 1.807) is 0 Å². The molecule has 3 aromatic rings. The predicted molar refractivity (Wildman–Crippen MR) is 203 cm³/mol. The van der Waals surface area contributed by atoms with Crippen molar-refractivity contribution in [1.29, 1.82) is 0 Å². The standard InChI is InChI=1S/C41H60O4Si2/c1-10-36(45-46(8,9)40(2,3)4)38-29-21-20-28-37(42-32-33-22-14-11-15-23-33)39(44-38)30-31-43-47(41(5,6)7,34-24-16-12-17-25-34)35-26-18-13-19-27-35/h11-27,36-39H,10,28-32H2,1-9H3/b21-20-/t36-,37+,38+,39+/m1/s1. The molecule has 0 aliphatic carbocycles. The Morgan fingerprint density at radius 2 is 1.28 bits per heavy atom. The van der Waals surface area contributed by atoms with E-state index in [2.05, 4.69) is 159 Å². The molecule has 0 saturated carbocycles. The number of rotatable bonds is 13. The number of ether oxygens (including phenoxy) is 2. The highest BCUT2D eigenvalue weighted by Crippen LogP contribution is 2.40. The molecule has 256 valence electrons. The zero-order chi connectivity index (χ0) is 34.1. The molecule has 0 spiro atoms. The molecular weight excluding hydrogens is 613 g/mol. The highest BCUT2D eigenvalue weighted by molar-refractivity contribution is 6.99. The smallest absolute Gasteiger partial charge is 0.261 e. The average Bonchev–Trinajstić information content (AvgIpc) is 3.03. The Balaban J connectivity index is 1.64. The van der Waals surface area contributed by atoms with E-state index in [1.807, 2.05) is 6.07 Å². The molecule has 0 bridgehead atoms. The van der Waals surface area contributed by atoms with E-state index in [9.17, 15) is 0 Å². The zero-order valence-corrected chi connectivity index (χ0v) is 32.5. The van der Waals surface area contributed by atoms with Crippen molar-refractivity contribution < 1.29 is 18.3 Å². The lowest BCUT2D eigenvalue weighted by Gasteiger charge is -2.44. The summed E-state index contributed by atoms with van der Waals surface area (Å²) in [5, 5.41) is 2.63. The van der Waals surface area contributed by atoms with Gasteiger partial charge in [-0.25, -0.2) is 0 Å². The fourth-order valence-corrected chi connectivity index (χ4v) is 12.5. The van der Waals surface area contributed by atoms with Crippen LogP contribution >= 0.6 is 0 Å². The van der Waals surface area contributed by atoms with Crippen LogP contribution in [0.5, 0.6) is 0 Å². The van der Waals surface area contributed by atoms with Gasteiger partial charge in [-0.2, -0.15) is 0 Å². The van der Waals surface area contributed by atoms with E-state index in [1.165, 1.54) is 15.9 Å². The minimum absolute atomic E-state index is 0.0218. The van der Waals surface area contributed by atoms with Gasteiger partial charge in [-0.05, 0) is 64.8 Å². The second kappa shape index (κ2) is 16.4. The normalized spacial score (nSPS) is 21.1. The molecule has 4 nitrogen and oxygen atoms in total. The van der Waals surface area contributed by atoms with Crippen LogP contribution in [0.1, 0.15) is 79.7 Å². The molecule has 0 N–H and O–H groups in total. The molecule has 4 atom stereocenters. The van der Waals surface area contributed by atoms with Crippen molar-refractivity contribution in [2.45, 2.75) is 128 Å². The van der Waals surface area contributed by atoms with Gasteiger partial charge < -0.3 is 18.3 Å². The summed E-state index contributed by atoms with van der Waals surface area (Å²) in [4.78, 5) is 0. The van der Waals surface area contributed by atoms with E-state index < -0.39 is 16.6 Å². The minimum atomic E-state index is -2.68. The van der Waals surface area contributed by atoms with E-state index in [0.29, 0.717) is 13.2 Å². The topological polar surface area (TPSA) is 36.9 Å². The van der Waals surface area contributed by atoms with Crippen LogP contribution in [-0.2, 0) is 24.9 Å². The van der Waals surface area contributed by atoms with Crippen LogP contribution in [0.3, 0.4) is 0 Å². The average molecular weight is 673 g/mol. The van der Waals surface area contributed by atoms with Crippen LogP contribution in [-0.4, -0.2) is 47.7 Å². The maximum absolute atomic E-state index is 7.36. The number of hydrogen-bond donors (Lipinski definition) is 0. The molecule has 0 fully saturated rings. The Kier molecular flexibility index (Phi) is 13.1. The quantitative estimate of drug-likeness (QED) is 0.134. The van der Waals surface area contributed by atoms with E-state index >= 15 is 0 Å². The summed E-state index contributed by atoms with van der Waals surface area (Å²) in [7, 11) is -4.68. The summed E-state index contributed by atoms with van der Waals surface area (Å²) >= 11 is 0. The van der Waals surface area contributed by atoms with Crippen molar-refractivity contribution in [2.24, 2.45) is 0 Å². The lowest BCUT2D eigenvalue weighted by atomic mass is 10.0. The summed E-state index contributed by atoms with van der Waals surface area (Å²) in [5.74, 6) is 0. The Hall–Kier alpha value is -2.33. The number of hydrogen-bond acceptors (Lipinski definition) is 4. The zero-order valence-electron chi connectivity index (χ0n) is 30.5. The largest absolute Gasteiger partial charge is 0.411 e. The van der Waals surface area contributed by atoms with Gasteiger partial charge in [0.25, 0.3) is 8.32 Å². The first-order valence-electron chi connectivity index (χ1n) is 17.7. The summed E-state index contributed by atoms with van der Waals surface area (Å²) in [6, 6.07) is 32.2. The monoisotopic (exact) mass is 672 g/mol. The summed E-state index contributed by atoms with van der Waals surface area (Å²) < 4.78 is 28.3. The molecule has 47 heavy (non-hydrogen) atoms. The van der Waals surface area contributed by atoms with Crippen molar-refractivity contribution in [2.75, 3.05) is 6.61 Å². The van der Waals surface area contributed by atoms with Crippen molar-refractivity contribution in [3.63, 3.8) is 0 Å². The lowest BCUT2D eigenvalue weighted by Crippen LogP contribution is -2.66. The van der Waals surface area contributed by atoms with Gasteiger partial charge >= 0.3 is 0 Å². The van der Waals surface area contributed by atoms with Crippen LogP contribution in [0.15, 0.2) is 103 Å². The third-order valence-electron chi connectivity index (χ3n) is 10.2. The summed E-state index contributed by atoms with van der Waals surface area (Å²) in [6.07, 6.45) is 7.60. The molecule has 1 aliphatic heterocycles. The SMILES string of the molecule is CC[C@@H](O[Si](C)(C)C(C)(C)C)[C@@H]1C/C=C\C[C@H](OCc2ccccc2)[C@H](CCO[Si](c2ccccc2)(c2ccccc2)C(C)(C)C)O1. The highest BCUT2D eigenvalue weighted by Gasteiger charge is 2.50. The molecule has 0 amide bonds. The van der Waals surface area contributed by atoms with E-state index in [4.69, 9.17) is 18.3 Å². The molecule has 0 unspecified atom stereocenters. The Bertz CT molecular complexity index is 1320. The molecular formula is C41H60O4Si2. The highest BCUT2D eigenvalue weighted by atomic mass is 28.4. The molecule has 6 heteroatoms. The Labute approximate surface area is 288 Å². The molecule has 0 radical (unpaired) electrons. The third-order valence-corrected chi connectivity index (χ3v) is 19.7. The van der Waals surface area contributed by atoms with E-state index in [-0.39, 0.29) is 34.5 Å². The van der Waals surface area contributed by atoms with E-state index in [0.717, 1.165) is 25.7 Å². The van der Waals surface area contributed by atoms with Crippen molar-refractivity contribution in [3.05, 3.63) is 109 Å². The Morgan fingerprint density at radius 3 is 1.79 bits per heavy atom. The minimum Gasteiger partial charge on any atom is -0.411 e. The molecule has 0 saturated heterocycles. The van der Waals surface area contributed by atoms with Gasteiger partial charge in [0.1, 0.15) is 0 Å². The maximum atomic E-state index is 7.36. The van der Waals surface area contributed by atoms with Gasteiger partial charge in [-0.1, -0.05) is 152 Å². The predicted octanol–water partition coefficient (Wildman–Crippen LogP) is 9.44. The van der Waals surface area contributed by atoms with Gasteiger partial charge in [-0.15, -0.1) is 0 Å². The maximum Gasteiger partial charge on any atom is 0.261 e. The summed E-state index contributed by atoms with van der Waals surface area (Å²) in [5.41, 5.74) is 1.17. The van der Waals surface area contributed by atoms with Crippen molar-refractivity contribution >= 4 is 27.0 Å².